The van der Waals surface area contributed by atoms with Crippen LogP contribution in [0.25, 0.3) is 22.4 Å². The molecule has 0 bridgehead atoms. The molecule has 0 fully saturated rings. The predicted octanol–water partition coefficient (Wildman–Crippen LogP) is 3.75. The minimum Gasteiger partial charge on any atom is -0.480 e. The zero-order valence-corrected chi connectivity index (χ0v) is 12.1. The molecule has 0 saturated carbocycles. The van der Waals surface area contributed by atoms with Crippen LogP contribution in [0.1, 0.15) is 5.56 Å². The maximum absolute atomic E-state index is 11.1. The quantitative estimate of drug-likeness (QED) is 0.801. The topological polar surface area (TPSA) is 55.1 Å². The van der Waals surface area contributed by atoms with Crippen molar-refractivity contribution in [2.24, 2.45) is 0 Å². The lowest BCUT2D eigenvalue weighted by Gasteiger charge is -2.07. The highest BCUT2D eigenvalue weighted by atomic mass is 35.5. The monoisotopic (exact) mass is 300 g/mol. The first-order chi connectivity index (χ1) is 10.1. The molecule has 0 aliphatic rings. The Kier molecular flexibility index (Phi) is 3.39. The molecule has 0 aliphatic carbocycles. The van der Waals surface area contributed by atoms with Crippen molar-refractivity contribution in [1.82, 2.24) is 9.55 Å². The average molecular weight is 301 g/mol. The lowest BCUT2D eigenvalue weighted by atomic mass is 10.1. The SMILES string of the molecule is Cc1cc(-c2nc3ccccc3n2CC(=O)O)ccc1Cl. The summed E-state index contributed by atoms with van der Waals surface area (Å²) in [5.74, 6) is -0.261. The first kappa shape index (κ1) is 13.6. The van der Waals surface area contributed by atoms with E-state index in [1.807, 2.05) is 43.3 Å². The highest BCUT2D eigenvalue weighted by Crippen LogP contribution is 2.27. The molecular weight excluding hydrogens is 288 g/mol. The third-order valence-corrected chi connectivity index (χ3v) is 3.79. The number of imidazole rings is 1. The minimum atomic E-state index is -0.898. The van der Waals surface area contributed by atoms with E-state index in [1.165, 1.54) is 0 Å². The summed E-state index contributed by atoms with van der Waals surface area (Å²) in [5, 5.41) is 9.83. The maximum Gasteiger partial charge on any atom is 0.323 e. The van der Waals surface area contributed by atoms with E-state index in [2.05, 4.69) is 4.98 Å². The zero-order chi connectivity index (χ0) is 15.0. The third kappa shape index (κ3) is 2.50. The molecule has 4 nitrogen and oxygen atoms in total. The van der Waals surface area contributed by atoms with Gasteiger partial charge in [-0.15, -0.1) is 0 Å². The summed E-state index contributed by atoms with van der Waals surface area (Å²) < 4.78 is 1.71. The van der Waals surface area contributed by atoms with Crippen LogP contribution in [0, 0.1) is 6.92 Å². The Balaban J connectivity index is 2.25. The van der Waals surface area contributed by atoms with Crippen LogP contribution in [-0.4, -0.2) is 20.6 Å². The van der Waals surface area contributed by atoms with Gasteiger partial charge in [0.05, 0.1) is 11.0 Å². The number of nitrogens with zero attached hydrogens (tertiary/aromatic N) is 2. The van der Waals surface area contributed by atoms with Crippen molar-refractivity contribution < 1.29 is 9.90 Å². The van der Waals surface area contributed by atoms with E-state index in [0.29, 0.717) is 10.8 Å². The number of aliphatic carboxylic acids is 1. The van der Waals surface area contributed by atoms with Gasteiger partial charge in [0.2, 0.25) is 0 Å². The highest BCUT2D eigenvalue weighted by molar-refractivity contribution is 6.31. The number of hydrogen-bond donors (Lipinski definition) is 1. The first-order valence-electron chi connectivity index (χ1n) is 6.50. The van der Waals surface area contributed by atoms with Gasteiger partial charge in [0.15, 0.2) is 0 Å². The van der Waals surface area contributed by atoms with Gasteiger partial charge in [-0.1, -0.05) is 23.7 Å². The average Bonchev–Trinajstić information content (AvgIpc) is 2.80. The molecule has 1 heterocycles. The summed E-state index contributed by atoms with van der Waals surface area (Å²) >= 11 is 6.05. The molecule has 0 radical (unpaired) electrons. The number of carboxylic acids is 1. The fraction of sp³-hybridized carbons (Fsp3) is 0.125. The second kappa shape index (κ2) is 5.22. The van der Waals surface area contributed by atoms with Crippen molar-refractivity contribution >= 4 is 28.6 Å². The van der Waals surface area contributed by atoms with E-state index < -0.39 is 5.97 Å². The Hall–Kier alpha value is -2.33. The molecule has 5 heteroatoms. The van der Waals surface area contributed by atoms with Gasteiger partial charge >= 0.3 is 5.97 Å². The highest BCUT2D eigenvalue weighted by Gasteiger charge is 2.15. The Morgan fingerprint density at radius 3 is 2.76 bits per heavy atom. The normalized spacial score (nSPS) is 11.0. The van der Waals surface area contributed by atoms with E-state index in [9.17, 15) is 4.79 Å². The number of carbonyl (C=O) groups is 1. The molecule has 1 N–H and O–H groups in total. The molecule has 106 valence electrons. The van der Waals surface area contributed by atoms with Gasteiger partial charge in [-0.2, -0.15) is 0 Å². The molecule has 0 saturated heterocycles. The van der Waals surface area contributed by atoms with Gasteiger partial charge in [-0.05, 0) is 42.8 Å². The number of aromatic nitrogens is 2. The molecule has 0 spiro atoms. The molecule has 2 aromatic carbocycles. The van der Waals surface area contributed by atoms with E-state index in [0.717, 1.165) is 22.2 Å². The second-order valence-electron chi connectivity index (χ2n) is 4.87. The second-order valence-corrected chi connectivity index (χ2v) is 5.28. The fourth-order valence-corrected chi connectivity index (χ4v) is 2.49. The molecular formula is C16H13ClN2O2. The van der Waals surface area contributed by atoms with Crippen molar-refractivity contribution in [3.8, 4) is 11.4 Å². The van der Waals surface area contributed by atoms with Crippen LogP contribution in [0.15, 0.2) is 42.5 Å². The smallest absolute Gasteiger partial charge is 0.323 e. The van der Waals surface area contributed by atoms with Crippen LogP contribution < -0.4 is 0 Å². The van der Waals surface area contributed by atoms with Gasteiger partial charge in [0, 0.05) is 10.6 Å². The van der Waals surface area contributed by atoms with Crippen LogP contribution in [0.3, 0.4) is 0 Å². The number of carboxylic acid groups (broad SMARTS) is 1. The Morgan fingerprint density at radius 1 is 1.29 bits per heavy atom. The summed E-state index contributed by atoms with van der Waals surface area (Å²) in [6, 6.07) is 13.1. The molecule has 21 heavy (non-hydrogen) atoms. The third-order valence-electron chi connectivity index (χ3n) is 3.36. The number of benzene rings is 2. The summed E-state index contributed by atoms with van der Waals surface area (Å²) in [7, 11) is 0. The number of rotatable bonds is 3. The molecule has 0 amide bonds. The molecule has 0 atom stereocenters. The number of para-hydroxylation sites is 2. The molecule has 3 aromatic rings. The van der Waals surface area contributed by atoms with Crippen molar-refractivity contribution in [1.29, 1.82) is 0 Å². The molecule has 1 aromatic heterocycles. The zero-order valence-electron chi connectivity index (χ0n) is 11.4. The predicted molar refractivity (Wildman–Crippen MR) is 82.6 cm³/mol. The summed E-state index contributed by atoms with van der Waals surface area (Å²) in [6.07, 6.45) is 0. The van der Waals surface area contributed by atoms with Crippen molar-refractivity contribution in [3.05, 3.63) is 53.1 Å². The standard InChI is InChI=1S/C16H13ClN2O2/c1-10-8-11(6-7-12(10)17)16-18-13-4-2-3-5-14(13)19(16)9-15(20)21/h2-8H,9H2,1H3,(H,20,21). The van der Waals surface area contributed by atoms with Gasteiger partial charge in [0.25, 0.3) is 0 Å². The van der Waals surface area contributed by atoms with Crippen LogP contribution >= 0.6 is 11.6 Å². The van der Waals surface area contributed by atoms with E-state index in [4.69, 9.17) is 16.7 Å². The van der Waals surface area contributed by atoms with Gasteiger partial charge in [-0.3, -0.25) is 4.79 Å². The van der Waals surface area contributed by atoms with Crippen LogP contribution in [0.5, 0.6) is 0 Å². The maximum atomic E-state index is 11.1. The van der Waals surface area contributed by atoms with Gasteiger partial charge in [0.1, 0.15) is 12.4 Å². The number of fused-ring (bicyclic) bond motifs is 1. The van der Waals surface area contributed by atoms with Crippen LogP contribution in [-0.2, 0) is 11.3 Å². The Labute approximate surface area is 126 Å². The van der Waals surface area contributed by atoms with E-state index >= 15 is 0 Å². The van der Waals surface area contributed by atoms with Crippen molar-refractivity contribution in [2.75, 3.05) is 0 Å². The molecule has 0 aliphatic heterocycles. The molecule has 3 rings (SSSR count). The number of aryl methyl sites for hydroxylation is 1. The molecule has 0 unspecified atom stereocenters. The van der Waals surface area contributed by atoms with Gasteiger partial charge in [-0.25, -0.2) is 4.98 Å². The summed E-state index contributed by atoms with van der Waals surface area (Å²) in [6.45, 7) is 1.79. The van der Waals surface area contributed by atoms with Crippen LogP contribution in [0.4, 0.5) is 0 Å². The van der Waals surface area contributed by atoms with E-state index in [1.54, 1.807) is 10.6 Å². The lowest BCUT2D eigenvalue weighted by Crippen LogP contribution is -2.10. The van der Waals surface area contributed by atoms with E-state index in [-0.39, 0.29) is 6.54 Å². The minimum absolute atomic E-state index is 0.127. The number of halogens is 1. The summed E-state index contributed by atoms with van der Waals surface area (Å²) in [5.41, 5.74) is 3.38. The van der Waals surface area contributed by atoms with Crippen molar-refractivity contribution in [2.45, 2.75) is 13.5 Å². The fourth-order valence-electron chi connectivity index (χ4n) is 2.37. The Morgan fingerprint density at radius 2 is 2.05 bits per heavy atom. The lowest BCUT2D eigenvalue weighted by molar-refractivity contribution is -0.137. The Bertz CT molecular complexity index is 839. The number of hydrogen-bond acceptors (Lipinski definition) is 2. The van der Waals surface area contributed by atoms with Crippen LogP contribution in [0.2, 0.25) is 5.02 Å². The summed E-state index contributed by atoms with van der Waals surface area (Å²) in [4.78, 5) is 15.7. The van der Waals surface area contributed by atoms with Crippen molar-refractivity contribution in [3.63, 3.8) is 0 Å². The first-order valence-corrected chi connectivity index (χ1v) is 6.87. The van der Waals surface area contributed by atoms with Gasteiger partial charge < -0.3 is 9.67 Å². The largest absolute Gasteiger partial charge is 0.480 e.